The minimum Gasteiger partial charge on any atom is -0.375 e. The molecular formula is C11H19IO2. The normalized spacial score (nSPS) is 48.6. The van der Waals surface area contributed by atoms with Gasteiger partial charge in [-0.15, -0.1) is 0 Å². The molecule has 3 heteroatoms. The molecule has 3 unspecified atom stereocenters. The Morgan fingerprint density at radius 1 is 1.29 bits per heavy atom. The van der Waals surface area contributed by atoms with Crippen LogP contribution in [0.25, 0.3) is 0 Å². The summed E-state index contributed by atoms with van der Waals surface area (Å²) in [6.07, 6.45) is 5.88. The van der Waals surface area contributed by atoms with Gasteiger partial charge in [0.2, 0.25) is 0 Å². The summed E-state index contributed by atoms with van der Waals surface area (Å²) in [7, 11) is 0. The molecule has 2 saturated heterocycles. The molecule has 0 aromatic heterocycles. The Morgan fingerprint density at radius 2 is 1.93 bits per heavy atom. The zero-order chi connectivity index (χ0) is 10.2. The zero-order valence-corrected chi connectivity index (χ0v) is 11.1. The van der Waals surface area contributed by atoms with E-state index in [1.807, 2.05) is 0 Å². The van der Waals surface area contributed by atoms with Crippen LogP contribution in [0.15, 0.2) is 0 Å². The Morgan fingerprint density at radius 3 is 2.43 bits per heavy atom. The molecule has 0 aliphatic carbocycles. The molecule has 2 fully saturated rings. The highest BCUT2D eigenvalue weighted by molar-refractivity contribution is 14.1. The fourth-order valence-corrected chi connectivity index (χ4v) is 3.55. The molecule has 0 radical (unpaired) electrons. The number of rotatable bonds is 1. The summed E-state index contributed by atoms with van der Waals surface area (Å²) in [4.78, 5) is 0. The third-order valence-corrected chi connectivity index (χ3v) is 4.28. The molecule has 0 aromatic rings. The third kappa shape index (κ3) is 2.25. The average Bonchev–Trinajstić information content (AvgIpc) is 2.46. The molecule has 2 rings (SSSR count). The van der Waals surface area contributed by atoms with E-state index in [2.05, 4.69) is 36.4 Å². The average molecular weight is 310 g/mol. The molecule has 1 spiro atoms. The molecule has 2 heterocycles. The van der Waals surface area contributed by atoms with Gasteiger partial charge in [0.05, 0.1) is 23.9 Å². The predicted octanol–water partition coefficient (Wildman–Crippen LogP) is 2.93. The van der Waals surface area contributed by atoms with Crippen molar-refractivity contribution in [1.82, 2.24) is 0 Å². The first-order valence-corrected chi connectivity index (χ1v) is 7.05. The molecule has 0 bridgehead atoms. The first-order chi connectivity index (χ1) is 6.63. The van der Waals surface area contributed by atoms with Crippen molar-refractivity contribution in [3.8, 4) is 0 Å². The van der Waals surface area contributed by atoms with Gasteiger partial charge in [0.15, 0.2) is 0 Å². The molecule has 0 N–H and O–H groups in total. The zero-order valence-electron chi connectivity index (χ0n) is 8.96. The van der Waals surface area contributed by atoms with E-state index in [1.54, 1.807) is 0 Å². The number of halogens is 1. The highest BCUT2D eigenvalue weighted by atomic mass is 127. The Kier molecular flexibility index (Phi) is 3.39. The summed E-state index contributed by atoms with van der Waals surface area (Å²) >= 11 is 2.42. The maximum Gasteiger partial charge on any atom is 0.0736 e. The van der Waals surface area contributed by atoms with Crippen molar-refractivity contribution in [2.24, 2.45) is 0 Å². The van der Waals surface area contributed by atoms with Gasteiger partial charge in [-0.1, -0.05) is 22.6 Å². The molecule has 2 aliphatic heterocycles. The molecule has 0 amide bonds. The van der Waals surface area contributed by atoms with E-state index >= 15 is 0 Å². The van der Waals surface area contributed by atoms with Crippen LogP contribution in [-0.4, -0.2) is 28.3 Å². The van der Waals surface area contributed by atoms with Crippen LogP contribution in [0.1, 0.15) is 39.5 Å². The fourth-order valence-electron chi connectivity index (χ4n) is 2.93. The van der Waals surface area contributed by atoms with Crippen LogP contribution < -0.4 is 0 Å². The standard InChI is InChI=1S/C11H19IO2/c1-8-5-11(6-9(2)13-8)4-3-10(7-12)14-11/h8-10H,3-7H2,1-2H3. The van der Waals surface area contributed by atoms with Gasteiger partial charge >= 0.3 is 0 Å². The Labute approximate surface area is 99.9 Å². The van der Waals surface area contributed by atoms with E-state index in [0.717, 1.165) is 17.3 Å². The van der Waals surface area contributed by atoms with Crippen LogP contribution in [0, 0.1) is 0 Å². The van der Waals surface area contributed by atoms with Crippen LogP contribution in [0.5, 0.6) is 0 Å². The van der Waals surface area contributed by atoms with Crippen molar-refractivity contribution in [2.45, 2.75) is 63.4 Å². The molecule has 0 aromatic carbocycles. The first-order valence-electron chi connectivity index (χ1n) is 5.53. The Hall–Kier alpha value is 0.650. The second-order valence-electron chi connectivity index (χ2n) is 4.78. The van der Waals surface area contributed by atoms with Crippen molar-refractivity contribution in [1.29, 1.82) is 0 Å². The van der Waals surface area contributed by atoms with Crippen LogP contribution in [0.4, 0.5) is 0 Å². The lowest BCUT2D eigenvalue weighted by molar-refractivity contribution is -0.149. The first kappa shape index (κ1) is 11.1. The lowest BCUT2D eigenvalue weighted by Crippen LogP contribution is -2.43. The van der Waals surface area contributed by atoms with Gasteiger partial charge in [-0.3, -0.25) is 0 Å². The molecule has 0 saturated carbocycles. The lowest BCUT2D eigenvalue weighted by atomic mass is 9.85. The van der Waals surface area contributed by atoms with Gasteiger partial charge in [0.25, 0.3) is 0 Å². The van der Waals surface area contributed by atoms with Gasteiger partial charge in [-0.05, 0) is 26.7 Å². The summed E-state index contributed by atoms with van der Waals surface area (Å²) in [6.45, 7) is 4.33. The number of hydrogen-bond donors (Lipinski definition) is 0. The Bertz CT molecular complexity index is 197. The van der Waals surface area contributed by atoms with Crippen molar-refractivity contribution in [3.63, 3.8) is 0 Å². The third-order valence-electron chi connectivity index (χ3n) is 3.29. The van der Waals surface area contributed by atoms with E-state index in [1.165, 1.54) is 12.8 Å². The molecule has 3 atom stereocenters. The van der Waals surface area contributed by atoms with Crippen LogP contribution >= 0.6 is 22.6 Å². The Balaban J connectivity index is 2.01. The number of hydrogen-bond acceptors (Lipinski definition) is 2. The van der Waals surface area contributed by atoms with E-state index in [9.17, 15) is 0 Å². The van der Waals surface area contributed by atoms with Crippen LogP contribution in [-0.2, 0) is 9.47 Å². The van der Waals surface area contributed by atoms with Gasteiger partial charge in [0.1, 0.15) is 0 Å². The summed E-state index contributed by atoms with van der Waals surface area (Å²) in [5, 5.41) is 0. The SMILES string of the molecule is CC1CC2(CCC(CI)O2)CC(C)O1. The minimum atomic E-state index is 0.160. The second-order valence-corrected chi connectivity index (χ2v) is 5.66. The maximum absolute atomic E-state index is 6.19. The van der Waals surface area contributed by atoms with E-state index < -0.39 is 0 Å². The molecule has 2 nitrogen and oxygen atoms in total. The van der Waals surface area contributed by atoms with E-state index in [0.29, 0.717) is 18.3 Å². The quantitative estimate of drug-likeness (QED) is 0.548. The van der Waals surface area contributed by atoms with E-state index in [4.69, 9.17) is 9.47 Å². The number of ether oxygens (including phenoxy) is 2. The monoisotopic (exact) mass is 310 g/mol. The lowest BCUT2D eigenvalue weighted by Gasteiger charge is -2.40. The van der Waals surface area contributed by atoms with E-state index in [-0.39, 0.29) is 5.60 Å². The summed E-state index contributed by atoms with van der Waals surface area (Å²) in [5.41, 5.74) is 0.160. The number of alkyl halides is 1. The molecule has 82 valence electrons. The summed E-state index contributed by atoms with van der Waals surface area (Å²) in [6, 6.07) is 0. The summed E-state index contributed by atoms with van der Waals surface area (Å²) < 4.78 is 13.1. The predicted molar refractivity (Wildman–Crippen MR) is 65.0 cm³/mol. The fraction of sp³-hybridized carbons (Fsp3) is 1.00. The maximum atomic E-state index is 6.19. The molecule has 2 aliphatic rings. The molecule has 14 heavy (non-hydrogen) atoms. The topological polar surface area (TPSA) is 18.5 Å². The largest absolute Gasteiger partial charge is 0.375 e. The second kappa shape index (κ2) is 4.26. The minimum absolute atomic E-state index is 0.160. The van der Waals surface area contributed by atoms with Gasteiger partial charge in [0, 0.05) is 17.3 Å². The van der Waals surface area contributed by atoms with Crippen molar-refractivity contribution < 1.29 is 9.47 Å². The van der Waals surface area contributed by atoms with Gasteiger partial charge in [-0.2, -0.15) is 0 Å². The highest BCUT2D eigenvalue weighted by Crippen LogP contribution is 2.42. The summed E-state index contributed by atoms with van der Waals surface area (Å²) in [5.74, 6) is 0. The highest BCUT2D eigenvalue weighted by Gasteiger charge is 2.44. The van der Waals surface area contributed by atoms with Crippen molar-refractivity contribution in [3.05, 3.63) is 0 Å². The van der Waals surface area contributed by atoms with Crippen LogP contribution in [0.3, 0.4) is 0 Å². The smallest absolute Gasteiger partial charge is 0.0736 e. The van der Waals surface area contributed by atoms with Crippen molar-refractivity contribution in [2.75, 3.05) is 4.43 Å². The van der Waals surface area contributed by atoms with Crippen molar-refractivity contribution >= 4 is 22.6 Å². The van der Waals surface area contributed by atoms with Gasteiger partial charge < -0.3 is 9.47 Å². The van der Waals surface area contributed by atoms with Crippen LogP contribution in [0.2, 0.25) is 0 Å². The van der Waals surface area contributed by atoms with Gasteiger partial charge in [-0.25, -0.2) is 0 Å². The molecular weight excluding hydrogens is 291 g/mol.